The Hall–Kier alpha value is -0.850. The van der Waals surface area contributed by atoms with Crippen molar-refractivity contribution in [1.82, 2.24) is 9.80 Å². The molecule has 0 bridgehead atoms. The molecule has 2 fully saturated rings. The molecule has 1 saturated carbocycles. The van der Waals surface area contributed by atoms with Crippen molar-refractivity contribution in [1.29, 1.82) is 0 Å². The van der Waals surface area contributed by atoms with E-state index in [-0.39, 0.29) is 11.4 Å². The van der Waals surface area contributed by atoms with Crippen LogP contribution in [0.5, 0.6) is 0 Å². The number of nitrogens with two attached hydrogens (primary N) is 1. The number of hydrogen-bond acceptors (Lipinski definition) is 5. The van der Waals surface area contributed by atoms with E-state index in [9.17, 15) is 0 Å². The van der Waals surface area contributed by atoms with Crippen molar-refractivity contribution < 1.29 is 9.94 Å². The van der Waals surface area contributed by atoms with Crippen molar-refractivity contribution in [2.75, 3.05) is 33.3 Å². The molecule has 6 heteroatoms. The van der Waals surface area contributed by atoms with Gasteiger partial charge in [-0.2, -0.15) is 0 Å². The topological polar surface area (TPSA) is 74.3 Å². The van der Waals surface area contributed by atoms with E-state index in [1.807, 2.05) is 21.0 Å². The zero-order chi connectivity index (χ0) is 15.5. The molecule has 0 aromatic heterocycles. The molecule has 2 aliphatic rings. The van der Waals surface area contributed by atoms with Gasteiger partial charge in [0.05, 0.1) is 11.6 Å². The van der Waals surface area contributed by atoms with Crippen LogP contribution >= 0.6 is 0 Å². The van der Waals surface area contributed by atoms with Gasteiger partial charge in [0.25, 0.3) is 0 Å². The molecular formula is C15H30N4O2. The summed E-state index contributed by atoms with van der Waals surface area (Å²) in [5.74, 6) is 0.285. The lowest BCUT2D eigenvalue weighted by molar-refractivity contribution is 0.00246. The average Bonchev–Trinajstić information content (AvgIpc) is 2.54. The summed E-state index contributed by atoms with van der Waals surface area (Å²) in [5, 5.41) is 12.1. The Morgan fingerprint density at radius 1 is 1.24 bits per heavy atom. The van der Waals surface area contributed by atoms with Gasteiger partial charge in [0, 0.05) is 39.3 Å². The fourth-order valence-corrected chi connectivity index (χ4v) is 3.60. The predicted molar refractivity (Wildman–Crippen MR) is 83.7 cm³/mol. The molecule has 2 atom stereocenters. The van der Waals surface area contributed by atoms with E-state index < -0.39 is 0 Å². The average molecular weight is 298 g/mol. The zero-order valence-electron chi connectivity index (χ0n) is 13.6. The lowest BCUT2D eigenvalue weighted by Gasteiger charge is -2.46. The summed E-state index contributed by atoms with van der Waals surface area (Å²) in [5.41, 5.74) is 5.44. The molecule has 1 heterocycles. The van der Waals surface area contributed by atoms with Crippen molar-refractivity contribution >= 4 is 5.84 Å². The van der Waals surface area contributed by atoms with Crippen LogP contribution in [0.4, 0.5) is 0 Å². The summed E-state index contributed by atoms with van der Waals surface area (Å²) in [7, 11) is 1.82. The first-order chi connectivity index (χ1) is 9.98. The summed E-state index contributed by atoms with van der Waals surface area (Å²) in [6.07, 6.45) is 5.32. The Kier molecular flexibility index (Phi) is 5.46. The van der Waals surface area contributed by atoms with Crippen LogP contribution in [0.15, 0.2) is 5.16 Å². The molecular weight excluding hydrogens is 268 g/mol. The molecule has 21 heavy (non-hydrogen) atoms. The van der Waals surface area contributed by atoms with Crippen LogP contribution in [-0.4, -0.2) is 71.8 Å². The fourth-order valence-electron chi connectivity index (χ4n) is 3.60. The minimum atomic E-state index is -0.386. The van der Waals surface area contributed by atoms with E-state index >= 15 is 0 Å². The Morgan fingerprint density at radius 2 is 1.90 bits per heavy atom. The third-order valence-electron chi connectivity index (χ3n) is 5.29. The smallest absolute Gasteiger partial charge is 0.159 e. The number of nitrogens with zero attached hydrogens (tertiary/aromatic N) is 3. The second-order valence-corrected chi connectivity index (χ2v) is 6.75. The Balaban J connectivity index is 1.88. The van der Waals surface area contributed by atoms with Crippen molar-refractivity contribution in [2.24, 2.45) is 10.9 Å². The number of hydrogen-bond donors (Lipinski definition) is 2. The van der Waals surface area contributed by atoms with Gasteiger partial charge in [0.1, 0.15) is 0 Å². The summed E-state index contributed by atoms with van der Waals surface area (Å²) in [6, 6.07) is 0.651. The maximum atomic E-state index is 8.93. The molecule has 1 saturated heterocycles. The third-order valence-corrected chi connectivity index (χ3v) is 5.29. The molecule has 0 aromatic carbocycles. The molecule has 1 aliphatic heterocycles. The largest absolute Gasteiger partial charge is 0.409 e. The van der Waals surface area contributed by atoms with Crippen LogP contribution in [0.1, 0.15) is 39.5 Å². The number of piperazine rings is 1. The number of oxime groups is 1. The number of ether oxygens (including phenoxy) is 1. The second kappa shape index (κ2) is 6.94. The lowest BCUT2D eigenvalue weighted by atomic mass is 9.91. The van der Waals surface area contributed by atoms with Crippen molar-refractivity contribution in [3.8, 4) is 0 Å². The van der Waals surface area contributed by atoms with Gasteiger partial charge in [0.15, 0.2) is 5.84 Å². The van der Waals surface area contributed by atoms with Gasteiger partial charge in [-0.15, -0.1) is 0 Å². The van der Waals surface area contributed by atoms with Gasteiger partial charge < -0.3 is 15.7 Å². The molecule has 122 valence electrons. The van der Waals surface area contributed by atoms with E-state index in [1.165, 1.54) is 19.3 Å². The van der Waals surface area contributed by atoms with E-state index in [4.69, 9.17) is 15.7 Å². The van der Waals surface area contributed by atoms with E-state index in [2.05, 4.69) is 15.0 Å². The molecule has 3 N–H and O–H groups in total. The van der Waals surface area contributed by atoms with E-state index in [0.29, 0.717) is 12.1 Å². The van der Waals surface area contributed by atoms with E-state index in [0.717, 1.165) is 32.6 Å². The minimum Gasteiger partial charge on any atom is -0.409 e. The Labute approximate surface area is 127 Å². The van der Waals surface area contributed by atoms with Crippen molar-refractivity contribution in [3.05, 3.63) is 0 Å². The summed E-state index contributed by atoms with van der Waals surface area (Å²) in [4.78, 5) is 4.89. The van der Waals surface area contributed by atoms with Crippen LogP contribution < -0.4 is 5.73 Å². The number of methoxy groups -OCH3 is 1. The molecule has 2 rings (SSSR count). The Bertz CT molecular complexity index is 365. The Morgan fingerprint density at radius 3 is 2.48 bits per heavy atom. The van der Waals surface area contributed by atoms with Gasteiger partial charge >= 0.3 is 0 Å². The first-order valence-electron chi connectivity index (χ1n) is 7.99. The van der Waals surface area contributed by atoms with Crippen molar-refractivity contribution in [2.45, 2.75) is 57.2 Å². The highest BCUT2D eigenvalue weighted by molar-refractivity contribution is 5.88. The normalized spacial score (nSPS) is 30.5. The van der Waals surface area contributed by atoms with Crippen LogP contribution in [0.25, 0.3) is 0 Å². The monoisotopic (exact) mass is 298 g/mol. The molecule has 0 spiro atoms. The highest BCUT2D eigenvalue weighted by atomic mass is 16.5. The van der Waals surface area contributed by atoms with Gasteiger partial charge in [-0.1, -0.05) is 5.16 Å². The van der Waals surface area contributed by atoms with Crippen molar-refractivity contribution in [3.63, 3.8) is 0 Å². The summed E-state index contributed by atoms with van der Waals surface area (Å²) in [6.45, 7) is 8.03. The fraction of sp³-hybridized carbons (Fsp3) is 0.933. The first-order valence-corrected chi connectivity index (χ1v) is 7.99. The van der Waals surface area contributed by atoms with Crippen LogP contribution in [0.2, 0.25) is 0 Å². The predicted octanol–water partition coefficient (Wildman–Crippen LogP) is 1.09. The van der Waals surface area contributed by atoms with Gasteiger partial charge in [-0.05, 0) is 39.5 Å². The standard InChI is InChI=1S/C15H30N4O2/c1-15(2,14(16)17-20)19-9-7-18(8-10-19)12-5-4-6-13(11-12)21-3/h12-13,20H,4-11H2,1-3H3,(H2,16,17). The molecule has 2 unspecified atom stereocenters. The summed E-state index contributed by atoms with van der Waals surface area (Å²) < 4.78 is 5.54. The second-order valence-electron chi connectivity index (χ2n) is 6.75. The molecule has 1 aliphatic carbocycles. The zero-order valence-corrected chi connectivity index (χ0v) is 13.6. The van der Waals surface area contributed by atoms with Crippen LogP contribution in [0.3, 0.4) is 0 Å². The maximum absolute atomic E-state index is 8.93. The lowest BCUT2D eigenvalue weighted by Crippen LogP contribution is -2.61. The summed E-state index contributed by atoms with van der Waals surface area (Å²) >= 11 is 0. The molecule has 0 radical (unpaired) electrons. The van der Waals surface area contributed by atoms with E-state index in [1.54, 1.807) is 0 Å². The molecule has 6 nitrogen and oxygen atoms in total. The highest BCUT2D eigenvalue weighted by Gasteiger charge is 2.36. The number of amidine groups is 1. The molecule has 0 aromatic rings. The molecule has 0 amide bonds. The van der Waals surface area contributed by atoms with Gasteiger partial charge in [-0.3, -0.25) is 9.80 Å². The minimum absolute atomic E-state index is 0.285. The van der Waals surface area contributed by atoms with Gasteiger partial charge in [-0.25, -0.2) is 0 Å². The number of rotatable bonds is 4. The van der Waals surface area contributed by atoms with Gasteiger partial charge in [0.2, 0.25) is 0 Å². The highest BCUT2D eigenvalue weighted by Crippen LogP contribution is 2.27. The third kappa shape index (κ3) is 3.67. The van der Waals surface area contributed by atoms with Crippen LogP contribution in [-0.2, 0) is 4.74 Å². The quantitative estimate of drug-likeness (QED) is 0.352. The first kappa shape index (κ1) is 16.5. The maximum Gasteiger partial charge on any atom is 0.159 e. The SMILES string of the molecule is COC1CCCC(N2CCN(C(C)(C)C(N)=NO)CC2)C1. The van der Waals surface area contributed by atoms with Crippen LogP contribution in [0, 0.1) is 0 Å².